The number of hydrogen-bond donors (Lipinski definition) is 2. The highest BCUT2D eigenvalue weighted by Crippen LogP contribution is 2.17. The second-order valence-corrected chi connectivity index (χ2v) is 10.4. The van der Waals surface area contributed by atoms with Gasteiger partial charge in [0.05, 0.1) is 17.7 Å². The minimum Gasteiger partial charge on any atom is -0.468 e. The van der Waals surface area contributed by atoms with Crippen molar-refractivity contribution in [1.82, 2.24) is 14.9 Å². The van der Waals surface area contributed by atoms with E-state index in [-0.39, 0.29) is 17.3 Å². The van der Waals surface area contributed by atoms with Gasteiger partial charge in [0.25, 0.3) is 5.91 Å². The molecule has 1 aliphatic heterocycles. The third-order valence-electron chi connectivity index (χ3n) is 6.21. The Morgan fingerprint density at radius 2 is 1.77 bits per heavy atom. The molecular formula is C26H32N4O4S. The first-order valence-electron chi connectivity index (χ1n) is 11.9. The normalized spacial score (nSPS) is 14.7. The van der Waals surface area contributed by atoms with Gasteiger partial charge in [0, 0.05) is 44.0 Å². The number of carbonyl (C=O) groups is 1. The number of para-hydroxylation sites is 1. The van der Waals surface area contributed by atoms with Gasteiger partial charge in [-0.1, -0.05) is 24.3 Å². The number of nitrogens with zero attached hydrogens (tertiary/aromatic N) is 2. The molecule has 35 heavy (non-hydrogen) atoms. The molecule has 186 valence electrons. The molecule has 2 N–H and O–H groups in total. The largest absolute Gasteiger partial charge is 0.468 e. The molecule has 0 aliphatic carbocycles. The zero-order valence-corrected chi connectivity index (χ0v) is 20.8. The van der Waals surface area contributed by atoms with E-state index in [1.807, 2.05) is 6.07 Å². The number of carbonyl (C=O) groups excluding carboxylic acids is 1. The molecule has 8 nitrogen and oxygen atoms in total. The minimum absolute atomic E-state index is 0.0460. The highest BCUT2D eigenvalue weighted by Gasteiger charge is 2.19. The molecular weight excluding hydrogens is 464 g/mol. The van der Waals surface area contributed by atoms with Gasteiger partial charge in [0.1, 0.15) is 5.76 Å². The molecule has 0 bridgehead atoms. The van der Waals surface area contributed by atoms with Gasteiger partial charge < -0.3 is 14.6 Å². The number of sulfonamides is 1. The second-order valence-electron chi connectivity index (χ2n) is 8.65. The molecule has 0 unspecified atom stereocenters. The summed E-state index contributed by atoms with van der Waals surface area (Å²) in [4.78, 5) is 17.6. The van der Waals surface area contributed by atoms with Crippen molar-refractivity contribution in [3.63, 3.8) is 0 Å². The van der Waals surface area contributed by atoms with Crippen molar-refractivity contribution in [2.75, 3.05) is 44.2 Å². The van der Waals surface area contributed by atoms with Gasteiger partial charge in [-0.2, -0.15) is 0 Å². The van der Waals surface area contributed by atoms with Crippen molar-refractivity contribution in [2.24, 2.45) is 0 Å². The highest BCUT2D eigenvalue weighted by atomic mass is 32.2. The number of benzene rings is 2. The van der Waals surface area contributed by atoms with Gasteiger partial charge in [-0.05, 0) is 61.9 Å². The van der Waals surface area contributed by atoms with Crippen LogP contribution < -0.4 is 14.9 Å². The van der Waals surface area contributed by atoms with E-state index >= 15 is 0 Å². The van der Waals surface area contributed by atoms with E-state index in [1.165, 1.54) is 24.1 Å². The number of rotatable bonds is 10. The van der Waals surface area contributed by atoms with E-state index in [1.54, 1.807) is 25.1 Å². The lowest BCUT2D eigenvalue weighted by atomic mass is 10.1. The highest BCUT2D eigenvalue weighted by molar-refractivity contribution is 7.89. The Labute approximate surface area is 207 Å². The maximum atomic E-state index is 12.8. The maximum absolute atomic E-state index is 12.8. The summed E-state index contributed by atoms with van der Waals surface area (Å²) in [5, 5.41) is 2.94. The van der Waals surface area contributed by atoms with Crippen LogP contribution in [0, 0.1) is 6.92 Å². The summed E-state index contributed by atoms with van der Waals surface area (Å²) in [5.41, 5.74) is 2.35. The summed E-state index contributed by atoms with van der Waals surface area (Å²) in [6, 6.07) is 18.4. The second kappa shape index (κ2) is 11.5. The maximum Gasteiger partial charge on any atom is 0.251 e. The van der Waals surface area contributed by atoms with E-state index < -0.39 is 10.0 Å². The first-order chi connectivity index (χ1) is 16.9. The molecule has 0 saturated carbocycles. The number of furan rings is 1. The van der Waals surface area contributed by atoms with Crippen LogP contribution in [0.5, 0.6) is 0 Å². The van der Waals surface area contributed by atoms with Crippen molar-refractivity contribution in [2.45, 2.75) is 24.8 Å². The zero-order valence-electron chi connectivity index (χ0n) is 19.9. The Morgan fingerprint density at radius 3 is 2.49 bits per heavy atom. The third kappa shape index (κ3) is 6.72. The van der Waals surface area contributed by atoms with Crippen molar-refractivity contribution < 1.29 is 17.6 Å². The fourth-order valence-corrected chi connectivity index (χ4v) is 5.16. The smallest absolute Gasteiger partial charge is 0.251 e. The topological polar surface area (TPSA) is 94.9 Å². The quantitative estimate of drug-likeness (QED) is 0.419. The van der Waals surface area contributed by atoms with Crippen LogP contribution in [-0.4, -0.2) is 58.5 Å². The molecule has 9 heteroatoms. The van der Waals surface area contributed by atoms with E-state index in [0.717, 1.165) is 44.7 Å². The Bertz CT molecular complexity index is 1210. The molecule has 0 spiro atoms. The third-order valence-corrected chi connectivity index (χ3v) is 7.61. The Hall–Kier alpha value is -3.14. The fourth-order valence-electron chi connectivity index (χ4n) is 4.14. The van der Waals surface area contributed by atoms with Crippen LogP contribution in [0.3, 0.4) is 0 Å². The molecule has 0 atom stereocenters. The van der Waals surface area contributed by atoms with Crippen LogP contribution in [0.25, 0.3) is 0 Å². The van der Waals surface area contributed by atoms with E-state index in [9.17, 15) is 13.2 Å². The van der Waals surface area contributed by atoms with Crippen molar-refractivity contribution in [3.8, 4) is 0 Å². The predicted octanol–water partition coefficient (Wildman–Crippen LogP) is 3.01. The van der Waals surface area contributed by atoms with Gasteiger partial charge >= 0.3 is 0 Å². The number of hydrogen-bond acceptors (Lipinski definition) is 6. The molecule has 2 heterocycles. The molecule has 1 saturated heterocycles. The number of nitrogens with one attached hydrogen (secondary N) is 2. The van der Waals surface area contributed by atoms with Crippen molar-refractivity contribution in [1.29, 1.82) is 0 Å². The number of anilines is 1. The van der Waals surface area contributed by atoms with Crippen LogP contribution in [0.2, 0.25) is 0 Å². The predicted molar refractivity (Wildman–Crippen MR) is 136 cm³/mol. The van der Waals surface area contributed by atoms with Gasteiger partial charge in [-0.3, -0.25) is 9.69 Å². The molecule has 2 aromatic carbocycles. The standard InChI is InChI=1S/C26H32N4O4S/c1-21-10-11-24(35(32,33)28-20-23-9-5-18-34-23)19-25(21)26(31)27-12-6-13-29-14-16-30(17-15-29)22-7-3-2-4-8-22/h2-5,7-11,18-19,28H,6,12-17,20H2,1H3,(H,27,31). The SMILES string of the molecule is Cc1ccc(S(=O)(=O)NCc2ccco2)cc1C(=O)NCCCN1CCN(c2ccccc2)CC1. The van der Waals surface area contributed by atoms with Gasteiger partial charge in [-0.25, -0.2) is 13.1 Å². The van der Waals surface area contributed by atoms with Gasteiger partial charge in [0.2, 0.25) is 10.0 Å². The lowest BCUT2D eigenvalue weighted by Gasteiger charge is -2.36. The molecule has 1 fully saturated rings. The Balaban J connectivity index is 1.24. The Kier molecular flexibility index (Phi) is 8.22. The van der Waals surface area contributed by atoms with Crippen molar-refractivity contribution >= 4 is 21.6 Å². The first kappa shape index (κ1) is 25.0. The summed E-state index contributed by atoms with van der Waals surface area (Å²) in [7, 11) is -3.77. The van der Waals surface area contributed by atoms with Crippen LogP contribution in [0.15, 0.2) is 76.2 Å². The summed E-state index contributed by atoms with van der Waals surface area (Å²) < 4.78 is 33.0. The summed E-state index contributed by atoms with van der Waals surface area (Å²) in [5.74, 6) is 0.250. The van der Waals surface area contributed by atoms with E-state index in [2.05, 4.69) is 44.1 Å². The number of aryl methyl sites for hydroxylation is 1. The monoisotopic (exact) mass is 496 g/mol. The van der Waals surface area contributed by atoms with Crippen molar-refractivity contribution in [3.05, 3.63) is 83.8 Å². The lowest BCUT2D eigenvalue weighted by Crippen LogP contribution is -2.47. The van der Waals surface area contributed by atoms with E-state index in [4.69, 9.17) is 4.42 Å². The molecule has 1 aromatic heterocycles. The van der Waals surface area contributed by atoms with Gasteiger partial charge in [0.15, 0.2) is 0 Å². The number of piperazine rings is 1. The summed E-state index contributed by atoms with van der Waals surface area (Å²) in [6.07, 6.45) is 2.32. The van der Waals surface area contributed by atoms with Crippen LogP contribution in [-0.2, 0) is 16.6 Å². The molecule has 3 aromatic rings. The van der Waals surface area contributed by atoms with E-state index in [0.29, 0.717) is 17.9 Å². The fraction of sp³-hybridized carbons (Fsp3) is 0.346. The number of amides is 1. The molecule has 4 rings (SSSR count). The minimum atomic E-state index is -3.77. The van der Waals surface area contributed by atoms with Crippen LogP contribution in [0.1, 0.15) is 28.1 Å². The van der Waals surface area contributed by atoms with Crippen LogP contribution >= 0.6 is 0 Å². The Morgan fingerprint density at radius 1 is 1.00 bits per heavy atom. The summed E-state index contributed by atoms with van der Waals surface area (Å²) >= 11 is 0. The molecule has 1 amide bonds. The van der Waals surface area contributed by atoms with Gasteiger partial charge in [-0.15, -0.1) is 0 Å². The average molecular weight is 497 g/mol. The zero-order chi connectivity index (χ0) is 24.7. The molecule has 1 aliphatic rings. The van der Waals surface area contributed by atoms with Crippen LogP contribution in [0.4, 0.5) is 5.69 Å². The average Bonchev–Trinajstić information content (AvgIpc) is 3.40. The lowest BCUT2D eigenvalue weighted by molar-refractivity contribution is 0.0950. The summed E-state index contributed by atoms with van der Waals surface area (Å²) in [6.45, 7) is 7.26. The first-order valence-corrected chi connectivity index (χ1v) is 13.3. The molecule has 0 radical (unpaired) electrons.